The van der Waals surface area contributed by atoms with Crippen LogP contribution in [0.15, 0.2) is 66.4 Å². The summed E-state index contributed by atoms with van der Waals surface area (Å²) < 4.78 is 0. The van der Waals surface area contributed by atoms with E-state index in [4.69, 9.17) is 16.7 Å². The fourth-order valence-electron chi connectivity index (χ4n) is 2.89. The van der Waals surface area contributed by atoms with Crippen LogP contribution in [0.5, 0.6) is 0 Å². The molecule has 0 radical (unpaired) electrons. The Kier molecular flexibility index (Phi) is 4.92. The average molecular weight is 425 g/mol. The third-order valence-corrected chi connectivity index (χ3v) is 5.60. The number of thiophene rings is 1. The van der Waals surface area contributed by atoms with Crippen LogP contribution in [-0.2, 0) is 4.79 Å². The van der Waals surface area contributed by atoms with Crippen LogP contribution in [0.1, 0.15) is 15.2 Å². The van der Waals surface area contributed by atoms with Gasteiger partial charge in [0.15, 0.2) is 0 Å². The summed E-state index contributed by atoms with van der Waals surface area (Å²) in [6.45, 7) is 0. The standard InChI is InChI=1S/C21H13ClN2O4S/c22-14-4-6-15(7-5-14)24-19(25)17(23-21(24)28)11-16-8-9-18(29-16)12-2-1-3-13(10-12)20(26)27/h1-11H,(H,23,28)(H,26,27)/b17-11+. The van der Waals surface area contributed by atoms with Gasteiger partial charge in [-0.05, 0) is 60.2 Å². The van der Waals surface area contributed by atoms with E-state index in [0.29, 0.717) is 10.7 Å². The molecule has 0 atom stereocenters. The molecular weight excluding hydrogens is 412 g/mol. The smallest absolute Gasteiger partial charge is 0.335 e. The minimum Gasteiger partial charge on any atom is -0.478 e. The topological polar surface area (TPSA) is 86.7 Å². The van der Waals surface area contributed by atoms with Gasteiger partial charge in [0, 0.05) is 14.8 Å². The fourth-order valence-corrected chi connectivity index (χ4v) is 3.97. The first-order valence-corrected chi connectivity index (χ1v) is 9.68. The lowest BCUT2D eigenvalue weighted by Crippen LogP contribution is -2.30. The highest BCUT2D eigenvalue weighted by Crippen LogP contribution is 2.31. The van der Waals surface area contributed by atoms with Gasteiger partial charge in [0.1, 0.15) is 5.70 Å². The molecular formula is C21H13ClN2O4S. The molecule has 1 fully saturated rings. The number of carboxylic acids is 1. The number of aromatic carboxylic acids is 1. The Hall–Kier alpha value is -3.42. The van der Waals surface area contributed by atoms with Crippen molar-refractivity contribution >= 4 is 52.6 Å². The number of amides is 3. The molecule has 1 aliphatic heterocycles. The Balaban J connectivity index is 1.60. The van der Waals surface area contributed by atoms with Crippen molar-refractivity contribution < 1.29 is 19.5 Å². The van der Waals surface area contributed by atoms with Crippen molar-refractivity contribution in [1.29, 1.82) is 0 Å². The number of nitrogens with zero attached hydrogens (tertiary/aromatic N) is 1. The maximum Gasteiger partial charge on any atom is 0.335 e. The van der Waals surface area contributed by atoms with Crippen LogP contribution in [-0.4, -0.2) is 23.0 Å². The van der Waals surface area contributed by atoms with Crippen LogP contribution in [0.3, 0.4) is 0 Å². The number of nitrogens with one attached hydrogen (secondary N) is 1. The molecule has 144 valence electrons. The summed E-state index contributed by atoms with van der Waals surface area (Å²) in [4.78, 5) is 38.8. The Labute approximate surface area is 174 Å². The van der Waals surface area contributed by atoms with Gasteiger partial charge < -0.3 is 10.4 Å². The van der Waals surface area contributed by atoms with Gasteiger partial charge in [-0.3, -0.25) is 4.79 Å². The number of rotatable bonds is 4. The summed E-state index contributed by atoms with van der Waals surface area (Å²) in [5.74, 6) is -1.45. The number of benzene rings is 2. The van der Waals surface area contributed by atoms with Crippen LogP contribution in [0.2, 0.25) is 5.02 Å². The number of carboxylic acid groups (broad SMARTS) is 1. The monoisotopic (exact) mass is 424 g/mol. The van der Waals surface area contributed by atoms with Gasteiger partial charge in [-0.2, -0.15) is 0 Å². The van der Waals surface area contributed by atoms with E-state index in [1.54, 1.807) is 42.5 Å². The molecule has 3 amide bonds. The molecule has 4 rings (SSSR count). The van der Waals surface area contributed by atoms with Crippen molar-refractivity contribution in [1.82, 2.24) is 5.32 Å². The number of anilines is 1. The molecule has 6 nitrogen and oxygen atoms in total. The zero-order valence-electron chi connectivity index (χ0n) is 14.8. The molecule has 0 aliphatic carbocycles. The van der Waals surface area contributed by atoms with Crippen molar-refractivity contribution in [3.63, 3.8) is 0 Å². The number of hydrogen-bond donors (Lipinski definition) is 2. The molecule has 29 heavy (non-hydrogen) atoms. The zero-order chi connectivity index (χ0) is 20.5. The lowest BCUT2D eigenvalue weighted by atomic mass is 10.1. The normalized spacial score (nSPS) is 15.1. The molecule has 2 aromatic carbocycles. The van der Waals surface area contributed by atoms with Gasteiger partial charge in [0.2, 0.25) is 0 Å². The summed E-state index contributed by atoms with van der Waals surface area (Å²) in [5, 5.41) is 12.2. The molecule has 3 aromatic rings. The average Bonchev–Trinajstić information content (AvgIpc) is 3.28. The van der Waals surface area contributed by atoms with Crippen molar-refractivity contribution in [2.45, 2.75) is 0 Å². The van der Waals surface area contributed by atoms with E-state index in [1.165, 1.54) is 17.4 Å². The van der Waals surface area contributed by atoms with E-state index < -0.39 is 17.9 Å². The molecule has 0 spiro atoms. The van der Waals surface area contributed by atoms with E-state index in [1.807, 2.05) is 18.2 Å². The molecule has 0 bridgehead atoms. The summed E-state index contributed by atoms with van der Waals surface area (Å²) in [5.41, 5.74) is 1.56. The Morgan fingerprint density at radius 2 is 1.83 bits per heavy atom. The van der Waals surface area contributed by atoms with E-state index >= 15 is 0 Å². The molecule has 0 unspecified atom stereocenters. The first-order valence-electron chi connectivity index (χ1n) is 8.48. The van der Waals surface area contributed by atoms with Crippen molar-refractivity contribution in [2.75, 3.05) is 4.90 Å². The SMILES string of the molecule is O=C(O)c1cccc(-c2ccc(/C=C3/NC(=O)N(c4ccc(Cl)cc4)C3=O)s2)c1. The predicted octanol–water partition coefficient (Wildman–Crippen LogP) is 4.86. The van der Waals surface area contributed by atoms with E-state index in [0.717, 1.165) is 20.2 Å². The minimum atomic E-state index is -0.993. The summed E-state index contributed by atoms with van der Waals surface area (Å²) in [6.07, 6.45) is 1.60. The molecule has 8 heteroatoms. The lowest BCUT2D eigenvalue weighted by Gasteiger charge is -2.11. The highest BCUT2D eigenvalue weighted by Gasteiger charge is 2.34. The van der Waals surface area contributed by atoms with Gasteiger partial charge in [0.05, 0.1) is 11.3 Å². The van der Waals surface area contributed by atoms with Crippen LogP contribution in [0.25, 0.3) is 16.5 Å². The van der Waals surface area contributed by atoms with Gasteiger partial charge >= 0.3 is 12.0 Å². The number of carbonyl (C=O) groups is 3. The van der Waals surface area contributed by atoms with E-state index in [2.05, 4.69) is 5.32 Å². The first kappa shape index (κ1) is 18.9. The zero-order valence-corrected chi connectivity index (χ0v) is 16.3. The number of imide groups is 1. The second-order valence-electron chi connectivity index (χ2n) is 6.19. The molecule has 2 N–H and O–H groups in total. The predicted molar refractivity (Wildman–Crippen MR) is 112 cm³/mol. The van der Waals surface area contributed by atoms with Gasteiger partial charge in [-0.1, -0.05) is 23.7 Å². The summed E-state index contributed by atoms with van der Waals surface area (Å²) in [7, 11) is 0. The Morgan fingerprint density at radius 3 is 2.55 bits per heavy atom. The van der Waals surface area contributed by atoms with Crippen LogP contribution in [0, 0.1) is 0 Å². The molecule has 1 aromatic heterocycles. The highest BCUT2D eigenvalue weighted by atomic mass is 35.5. The molecule has 1 saturated heterocycles. The number of urea groups is 1. The van der Waals surface area contributed by atoms with Crippen LogP contribution >= 0.6 is 22.9 Å². The quantitative estimate of drug-likeness (QED) is 0.462. The van der Waals surface area contributed by atoms with Gasteiger partial charge in [-0.25, -0.2) is 14.5 Å². The maximum atomic E-state index is 12.7. The number of halogens is 1. The van der Waals surface area contributed by atoms with Crippen LogP contribution in [0.4, 0.5) is 10.5 Å². The molecule has 1 aliphatic rings. The second-order valence-corrected chi connectivity index (χ2v) is 7.74. The minimum absolute atomic E-state index is 0.164. The molecule has 0 saturated carbocycles. The lowest BCUT2D eigenvalue weighted by molar-refractivity contribution is -0.113. The van der Waals surface area contributed by atoms with E-state index in [-0.39, 0.29) is 11.3 Å². The highest BCUT2D eigenvalue weighted by molar-refractivity contribution is 7.16. The first-order chi connectivity index (χ1) is 13.9. The summed E-state index contributed by atoms with van der Waals surface area (Å²) >= 11 is 7.25. The summed E-state index contributed by atoms with van der Waals surface area (Å²) in [6, 6.07) is 16.2. The van der Waals surface area contributed by atoms with Crippen molar-refractivity contribution in [3.05, 3.63) is 81.8 Å². The second kappa shape index (κ2) is 7.54. The third-order valence-electron chi connectivity index (χ3n) is 4.27. The van der Waals surface area contributed by atoms with Crippen molar-refractivity contribution in [2.24, 2.45) is 0 Å². The van der Waals surface area contributed by atoms with Crippen LogP contribution < -0.4 is 10.2 Å². The maximum absolute atomic E-state index is 12.7. The number of hydrogen-bond acceptors (Lipinski definition) is 4. The van der Waals surface area contributed by atoms with E-state index in [9.17, 15) is 14.4 Å². The number of carbonyl (C=O) groups excluding carboxylic acids is 2. The fraction of sp³-hybridized carbons (Fsp3) is 0. The Morgan fingerprint density at radius 1 is 1.07 bits per heavy atom. The third kappa shape index (κ3) is 3.78. The van der Waals surface area contributed by atoms with Gasteiger partial charge in [0.25, 0.3) is 5.91 Å². The largest absolute Gasteiger partial charge is 0.478 e. The van der Waals surface area contributed by atoms with Gasteiger partial charge in [-0.15, -0.1) is 11.3 Å². The van der Waals surface area contributed by atoms with Crippen molar-refractivity contribution in [3.8, 4) is 10.4 Å². The Bertz CT molecular complexity index is 1170. The molecule has 2 heterocycles.